The molecule has 16 heavy (non-hydrogen) atoms. The van der Waals surface area contributed by atoms with Gasteiger partial charge in [-0.2, -0.15) is 0 Å². The molecule has 1 aromatic carbocycles. The highest BCUT2D eigenvalue weighted by Crippen LogP contribution is 2.05. The second kappa shape index (κ2) is 5.51. The molecule has 2 amide bonds. The molecule has 0 bridgehead atoms. The van der Waals surface area contributed by atoms with Gasteiger partial charge in [-0.25, -0.2) is 4.79 Å². The minimum absolute atomic E-state index is 0.139. The molecule has 4 heteroatoms. The highest BCUT2D eigenvalue weighted by molar-refractivity contribution is 5.89. The number of carbonyl (C=O) groups excluding carboxylic acids is 1. The number of para-hydroxylation sites is 1. The van der Waals surface area contributed by atoms with E-state index in [2.05, 4.69) is 16.0 Å². The Balaban J connectivity index is 1.72. The maximum Gasteiger partial charge on any atom is 0.319 e. The first kappa shape index (κ1) is 11.0. The third-order valence-electron chi connectivity index (χ3n) is 2.70. The number of amides is 2. The fraction of sp³-hybridized carbons (Fsp3) is 0.417. The highest BCUT2D eigenvalue weighted by Gasteiger charge is 2.14. The zero-order chi connectivity index (χ0) is 11.2. The lowest BCUT2D eigenvalue weighted by Gasteiger charge is -2.12. The van der Waals surface area contributed by atoms with Gasteiger partial charge in [0.1, 0.15) is 0 Å². The third kappa shape index (κ3) is 3.24. The molecule has 3 N–H and O–H groups in total. The number of rotatable bonds is 3. The fourth-order valence-electron chi connectivity index (χ4n) is 1.84. The van der Waals surface area contributed by atoms with Gasteiger partial charge in [-0.05, 0) is 31.5 Å². The SMILES string of the molecule is O=C(NC[C@@H]1CCCN1)Nc1ccccc1. The number of hydrogen-bond acceptors (Lipinski definition) is 2. The van der Waals surface area contributed by atoms with Gasteiger partial charge in [0.25, 0.3) is 0 Å². The lowest BCUT2D eigenvalue weighted by molar-refractivity contribution is 0.251. The number of urea groups is 1. The first-order valence-corrected chi connectivity index (χ1v) is 5.68. The average molecular weight is 219 g/mol. The summed E-state index contributed by atoms with van der Waals surface area (Å²) < 4.78 is 0. The van der Waals surface area contributed by atoms with Gasteiger partial charge in [0.05, 0.1) is 0 Å². The van der Waals surface area contributed by atoms with Crippen LogP contribution in [-0.2, 0) is 0 Å². The molecule has 0 unspecified atom stereocenters. The van der Waals surface area contributed by atoms with Crippen LogP contribution in [0.1, 0.15) is 12.8 Å². The van der Waals surface area contributed by atoms with Crippen LogP contribution < -0.4 is 16.0 Å². The van der Waals surface area contributed by atoms with Crippen molar-refractivity contribution in [2.24, 2.45) is 0 Å². The number of nitrogens with one attached hydrogen (secondary N) is 3. The molecule has 2 rings (SSSR count). The standard InChI is InChI=1S/C12H17N3O/c16-12(14-9-11-7-4-8-13-11)15-10-5-2-1-3-6-10/h1-3,5-6,11,13H,4,7-9H2,(H2,14,15,16)/t11-/m0/s1. The largest absolute Gasteiger partial charge is 0.336 e. The summed E-state index contributed by atoms with van der Waals surface area (Å²) in [6, 6.07) is 9.75. The number of hydrogen-bond donors (Lipinski definition) is 3. The normalized spacial score (nSPS) is 19.4. The van der Waals surface area contributed by atoms with Crippen LogP contribution in [-0.4, -0.2) is 25.2 Å². The Hall–Kier alpha value is -1.55. The smallest absolute Gasteiger partial charge is 0.319 e. The quantitative estimate of drug-likeness (QED) is 0.722. The van der Waals surface area contributed by atoms with Gasteiger partial charge < -0.3 is 16.0 Å². The Morgan fingerprint density at radius 2 is 2.19 bits per heavy atom. The van der Waals surface area contributed by atoms with Crippen LogP contribution in [0, 0.1) is 0 Å². The molecular weight excluding hydrogens is 202 g/mol. The van der Waals surface area contributed by atoms with Crippen LogP contribution in [0.15, 0.2) is 30.3 Å². The van der Waals surface area contributed by atoms with Crippen molar-refractivity contribution in [2.45, 2.75) is 18.9 Å². The summed E-state index contributed by atoms with van der Waals surface area (Å²) in [4.78, 5) is 11.5. The van der Waals surface area contributed by atoms with Crippen LogP contribution in [0.4, 0.5) is 10.5 Å². The molecule has 1 aromatic rings. The number of benzene rings is 1. The second-order valence-electron chi connectivity index (χ2n) is 3.99. The molecule has 1 aliphatic rings. The molecule has 0 radical (unpaired) electrons. The van der Waals surface area contributed by atoms with E-state index in [0.29, 0.717) is 12.6 Å². The Kier molecular flexibility index (Phi) is 3.77. The summed E-state index contributed by atoms with van der Waals surface area (Å²) in [5.41, 5.74) is 0.819. The molecule has 1 heterocycles. The van der Waals surface area contributed by atoms with Crippen LogP contribution in [0.2, 0.25) is 0 Å². The summed E-state index contributed by atoms with van der Waals surface area (Å²) in [5, 5.41) is 8.98. The van der Waals surface area contributed by atoms with Crippen LogP contribution in [0.25, 0.3) is 0 Å². The first-order valence-electron chi connectivity index (χ1n) is 5.68. The van der Waals surface area contributed by atoms with E-state index in [1.165, 1.54) is 6.42 Å². The summed E-state index contributed by atoms with van der Waals surface area (Å²) in [5.74, 6) is 0. The minimum Gasteiger partial charge on any atom is -0.336 e. The van der Waals surface area contributed by atoms with Crippen LogP contribution in [0.5, 0.6) is 0 Å². The summed E-state index contributed by atoms with van der Waals surface area (Å²) in [6.45, 7) is 1.76. The topological polar surface area (TPSA) is 53.2 Å². The van der Waals surface area contributed by atoms with Crippen molar-refractivity contribution in [3.8, 4) is 0 Å². The van der Waals surface area contributed by atoms with E-state index in [9.17, 15) is 4.79 Å². The Bertz CT molecular complexity index is 333. The predicted octanol–water partition coefficient (Wildman–Crippen LogP) is 1.56. The molecule has 1 fully saturated rings. The van der Waals surface area contributed by atoms with E-state index in [1.807, 2.05) is 30.3 Å². The molecule has 4 nitrogen and oxygen atoms in total. The third-order valence-corrected chi connectivity index (χ3v) is 2.70. The molecule has 0 saturated carbocycles. The summed E-state index contributed by atoms with van der Waals surface area (Å²) in [6.07, 6.45) is 2.35. The van der Waals surface area contributed by atoms with Crippen molar-refractivity contribution < 1.29 is 4.79 Å². The number of carbonyl (C=O) groups is 1. The Morgan fingerprint density at radius 3 is 2.88 bits per heavy atom. The molecule has 1 saturated heterocycles. The van der Waals surface area contributed by atoms with Crippen molar-refractivity contribution in [1.82, 2.24) is 10.6 Å². The monoisotopic (exact) mass is 219 g/mol. The van der Waals surface area contributed by atoms with Crippen molar-refractivity contribution in [2.75, 3.05) is 18.4 Å². The van der Waals surface area contributed by atoms with Gasteiger partial charge in [-0.3, -0.25) is 0 Å². The zero-order valence-corrected chi connectivity index (χ0v) is 9.20. The molecule has 0 aromatic heterocycles. The molecular formula is C12H17N3O. The van der Waals surface area contributed by atoms with Gasteiger partial charge in [0, 0.05) is 18.3 Å². The molecule has 0 spiro atoms. The van der Waals surface area contributed by atoms with E-state index in [1.54, 1.807) is 0 Å². The molecule has 1 aliphatic heterocycles. The van der Waals surface area contributed by atoms with Gasteiger partial charge in [-0.1, -0.05) is 18.2 Å². The summed E-state index contributed by atoms with van der Waals surface area (Å²) in [7, 11) is 0. The maximum atomic E-state index is 11.5. The Labute approximate surface area is 95.4 Å². The van der Waals surface area contributed by atoms with Gasteiger partial charge in [0.2, 0.25) is 0 Å². The van der Waals surface area contributed by atoms with Gasteiger partial charge in [0.15, 0.2) is 0 Å². The maximum absolute atomic E-state index is 11.5. The van der Waals surface area contributed by atoms with Crippen molar-refractivity contribution in [1.29, 1.82) is 0 Å². The van der Waals surface area contributed by atoms with Crippen LogP contribution >= 0.6 is 0 Å². The summed E-state index contributed by atoms with van der Waals surface area (Å²) >= 11 is 0. The molecule has 1 atom stereocenters. The minimum atomic E-state index is -0.139. The highest BCUT2D eigenvalue weighted by atomic mass is 16.2. The van der Waals surface area contributed by atoms with Gasteiger partial charge >= 0.3 is 6.03 Å². The zero-order valence-electron chi connectivity index (χ0n) is 9.20. The van der Waals surface area contributed by atoms with E-state index in [-0.39, 0.29) is 6.03 Å². The van der Waals surface area contributed by atoms with Crippen molar-refractivity contribution in [3.05, 3.63) is 30.3 Å². The molecule has 0 aliphatic carbocycles. The van der Waals surface area contributed by atoms with E-state index in [0.717, 1.165) is 18.7 Å². The van der Waals surface area contributed by atoms with Crippen LogP contribution in [0.3, 0.4) is 0 Å². The van der Waals surface area contributed by atoms with Crippen molar-refractivity contribution >= 4 is 11.7 Å². The number of anilines is 1. The van der Waals surface area contributed by atoms with E-state index in [4.69, 9.17) is 0 Å². The lowest BCUT2D eigenvalue weighted by Crippen LogP contribution is -2.39. The van der Waals surface area contributed by atoms with E-state index < -0.39 is 0 Å². The average Bonchev–Trinajstić information content (AvgIpc) is 2.81. The van der Waals surface area contributed by atoms with Crippen molar-refractivity contribution in [3.63, 3.8) is 0 Å². The first-order chi connectivity index (χ1) is 7.84. The Morgan fingerprint density at radius 1 is 1.38 bits per heavy atom. The second-order valence-corrected chi connectivity index (χ2v) is 3.99. The van der Waals surface area contributed by atoms with Gasteiger partial charge in [-0.15, -0.1) is 0 Å². The fourth-order valence-corrected chi connectivity index (χ4v) is 1.84. The van der Waals surface area contributed by atoms with E-state index >= 15 is 0 Å². The lowest BCUT2D eigenvalue weighted by atomic mass is 10.2. The predicted molar refractivity (Wildman–Crippen MR) is 64.5 cm³/mol. The molecule has 86 valence electrons.